The third kappa shape index (κ3) is 4.93. The lowest BCUT2D eigenvalue weighted by molar-refractivity contribution is 0.160. The van der Waals surface area contributed by atoms with E-state index in [2.05, 4.69) is 54.9 Å². The molecule has 0 saturated carbocycles. The third-order valence-corrected chi connectivity index (χ3v) is 6.43. The number of phenolic OH excluding ortho intramolecular Hbond substituents is 1. The van der Waals surface area contributed by atoms with E-state index in [-0.39, 0.29) is 22.4 Å². The maximum Gasteiger partial charge on any atom is 0.250 e. The maximum absolute atomic E-state index is 11.9. The first-order valence-corrected chi connectivity index (χ1v) is 11.3. The molecule has 7 heteroatoms. The van der Waals surface area contributed by atoms with Crippen LogP contribution in [0.3, 0.4) is 0 Å². The third-order valence-electron chi connectivity index (χ3n) is 6.43. The van der Waals surface area contributed by atoms with Gasteiger partial charge in [-0.15, -0.1) is 0 Å². The van der Waals surface area contributed by atoms with Crippen LogP contribution >= 0.6 is 0 Å². The Bertz CT molecular complexity index is 1200. The Balaban J connectivity index is 1.55. The fraction of sp³-hybridized carbons (Fsp3) is 0.423. The molecule has 3 heterocycles. The second-order valence-corrected chi connectivity index (χ2v) is 10.4. The van der Waals surface area contributed by atoms with E-state index in [0.717, 1.165) is 29.8 Å². The van der Waals surface area contributed by atoms with Crippen LogP contribution in [0.15, 0.2) is 53.7 Å². The number of benzene rings is 1. The van der Waals surface area contributed by atoms with Crippen LogP contribution in [-0.2, 0) is 7.05 Å². The van der Waals surface area contributed by atoms with Gasteiger partial charge < -0.3 is 19.9 Å². The molecule has 1 fully saturated rings. The number of nitrogens with one attached hydrogen (secondary N) is 1. The fourth-order valence-electron chi connectivity index (χ4n) is 5.03. The van der Waals surface area contributed by atoms with Crippen LogP contribution in [0.25, 0.3) is 22.4 Å². The maximum atomic E-state index is 11.9. The highest BCUT2D eigenvalue weighted by Gasteiger charge is 2.39. The summed E-state index contributed by atoms with van der Waals surface area (Å²) < 4.78 is 1.51. The van der Waals surface area contributed by atoms with Gasteiger partial charge >= 0.3 is 0 Å². The Morgan fingerprint density at radius 2 is 1.70 bits per heavy atom. The lowest BCUT2D eigenvalue weighted by Crippen LogP contribution is -2.62. The molecule has 0 unspecified atom stereocenters. The van der Waals surface area contributed by atoms with Crippen LogP contribution in [0.2, 0.25) is 0 Å². The number of aromatic hydroxyl groups is 1. The summed E-state index contributed by atoms with van der Waals surface area (Å²) in [5.74, 6) is 0.916. The lowest BCUT2D eigenvalue weighted by Gasteiger charge is -2.49. The van der Waals surface area contributed by atoms with E-state index in [1.165, 1.54) is 4.57 Å². The number of hydrogen-bond donors (Lipinski definition) is 2. The predicted octanol–water partition coefficient (Wildman–Crippen LogP) is 3.96. The first kappa shape index (κ1) is 23.0. The van der Waals surface area contributed by atoms with Crippen molar-refractivity contribution in [2.24, 2.45) is 7.05 Å². The van der Waals surface area contributed by atoms with Gasteiger partial charge in [0, 0.05) is 49.0 Å². The molecule has 0 radical (unpaired) electrons. The Kier molecular flexibility index (Phi) is 5.78. The van der Waals surface area contributed by atoms with Crippen molar-refractivity contribution in [1.82, 2.24) is 19.9 Å². The van der Waals surface area contributed by atoms with E-state index >= 15 is 0 Å². The van der Waals surface area contributed by atoms with Crippen molar-refractivity contribution in [3.05, 3.63) is 59.3 Å². The molecule has 0 spiro atoms. The molecule has 2 N–H and O–H groups in total. The minimum atomic E-state index is -0.0952. The van der Waals surface area contributed by atoms with Gasteiger partial charge in [-0.2, -0.15) is 0 Å². The van der Waals surface area contributed by atoms with Crippen molar-refractivity contribution >= 4 is 5.82 Å². The van der Waals surface area contributed by atoms with Gasteiger partial charge in [-0.1, -0.05) is 6.07 Å². The van der Waals surface area contributed by atoms with E-state index in [1.54, 1.807) is 37.8 Å². The highest BCUT2D eigenvalue weighted by atomic mass is 16.3. The number of anilines is 1. The summed E-state index contributed by atoms with van der Waals surface area (Å²) in [6.07, 6.45) is 7.22. The molecule has 1 saturated heterocycles. The van der Waals surface area contributed by atoms with E-state index in [4.69, 9.17) is 0 Å². The summed E-state index contributed by atoms with van der Waals surface area (Å²) in [7, 11) is 3.78. The molecule has 1 aliphatic rings. The molecular weight excluding hydrogens is 414 g/mol. The van der Waals surface area contributed by atoms with Gasteiger partial charge in [-0.3, -0.25) is 9.78 Å². The predicted molar refractivity (Wildman–Crippen MR) is 133 cm³/mol. The van der Waals surface area contributed by atoms with Gasteiger partial charge in [0.15, 0.2) is 0 Å². The molecule has 0 aliphatic carbocycles. The monoisotopic (exact) mass is 447 g/mol. The normalized spacial score (nSPS) is 17.6. The topological polar surface area (TPSA) is 83.3 Å². The number of hydrogen-bond acceptors (Lipinski definition) is 6. The van der Waals surface area contributed by atoms with Crippen molar-refractivity contribution in [2.45, 2.75) is 57.7 Å². The quantitative estimate of drug-likeness (QED) is 0.630. The van der Waals surface area contributed by atoms with E-state index in [1.807, 2.05) is 18.2 Å². The summed E-state index contributed by atoms with van der Waals surface area (Å²) in [4.78, 5) is 23.4. The average molecular weight is 448 g/mol. The molecule has 4 rings (SSSR count). The molecule has 2 aromatic heterocycles. The molecule has 0 atom stereocenters. The number of piperidine rings is 1. The largest absolute Gasteiger partial charge is 0.507 e. The molecule has 1 aliphatic heterocycles. The standard InChI is InChI=1S/C26H33N5O2/c1-25(2)13-19(14-26(3,4)29-25)31(6)23-16-27-21(15-28-23)20-8-7-17(11-22(20)32)18-9-10-30(5)24(33)12-18/h7-12,15-16,19,29,32H,13-14H2,1-6H3. The Labute approximate surface area is 195 Å². The fourth-order valence-corrected chi connectivity index (χ4v) is 5.03. The van der Waals surface area contributed by atoms with Crippen LogP contribution in [-0.4, -0.2) is 43.8 Å². The van der Waals surface area contributed by atoms with E-state index < -0.39 is 0 Å². The highest BCUT2D eigenvalue weighted by molar-refractivity contribution is 5.74. The number of phenols is 1. The second kappa shape index (κ2) is 8.30. The van der Waals surface area contributed by atoms with Gasteiger partial charge in [-0.25, -0.2) is 4.98 Å². The Morgan fingerprint density at radius 1 is 1.03 bits per heavy atom. The zero-order valence-electron chi connectivity index (χ0n) is 20.3. The van der Waals surface area contributed by atoms with Crippen molar-refractivity contribution < 1.29 is 5.11 Å². The Morgan fingerprint density at radius 3 is 2.27 bits per heavy atom. The molecule has 33 heavy (non-hydrogen) atoms. The average Bonchev–Trinajstić information content (AvgIpc) is 2.73. The van der Waals surface area contributed by atoms with Crippen LogP contribution in [0.1, 0.15) is 40.5 Å². The van der Waals surface area contributed by atoms with Crippen LogP contribution < -0.4 is 15.8 Å². The summed E-state index contributed by atoms with van der Waals surface area (Å²) in [6.45, 7) is 8.96. The summed E-state index contributed by atoms with van der Waals surface area (Å²) in [5, 5.41) is 14.4. The molecule has 1 aromatic carbocycles. The van der Waals surface area contributed by atoms with Gasteiger partial charge in [0.25, 0.3) is 5.56 Å². The highest BCUT2D eigenvalue weighted by Crippen LogP contribution is 2.34. The van der Waals surface area contributed by atoms with Gasteiger partial charge in [0.1, 0.15) is 11.6 Å². The van der Waals surface area contributed by atoms with Crippen LogP contribution in [0.4, 0.5) is 5.82 Å². The van der Waals surface area contributed by atoms with Crippen molar-refractivity contribution in [3.8, 4) is 28.1 Å². The van der Waals surface area contributed by atoms with Gasteiger partial charge in [-0.05, 0) is 69.9 Å². The number of aryl methyl sites for hydroxylation is 1. The zero-order chi connectivity index (χ0) is 24.0. The first-order valence-electron chi connectivity index (χ1n) is 11.3. The lowest BCUT2D eigenvalue weighted by atomic mass is 9.79. The first-order chi connectivity index (χ1) is 15.4. The summed E-state index contributed by atoms with van der Waals surface area (Å²) >= 11 is 0. The summed E-state index contributed by atoms with van der Waals surface area (Å²) in [5.41, 5.74) is 2.74. The molecule has 0 bridgehead atoms. The van der Waals surface area contributed by atoms with Gasteiger partial charge in [0.05, 0.1) is 18.1 Å². The van der Waals surface area contributed by atoms with Gasteiger partial charge in [0.2, 0.25) is 0 Å². The van der Waals surface area contributed by atoms with Crippen molar-refractivity contribution in [1.29, 1.82) is 0 Å². The molecule has 3 aromatic rings. The molecular formula is C26H33N5O2. The Hall–Kier alpha value is -3.19. The molecule has 7 nitrogen and oxygen atoms in total. The minimum Gasteiger partial charge on any atom is -0.507 e. The molecule has 0 amide bonds. The van der Waals surface area contributed by atoms with Crippen LogP contribution in [0.5, 0.6) is 5.75 Å². The summed E-state index contributed by atoms with van der Waals surface area (Å²) in [6, 6.07) is 9.11. The van der Waals surface area contributed by atoms with Crippen molar-refractivity contribution in [2.75, 3.05) is 11.9 Å². The zero-order valence-corrected chi connectivity index (χ0v) is 20.3. The number of rotatable bonds is 4. The van der Waals surface area contributed by atoms with Crippen LogP contribution in [0, 0.1) is 0 Å². The van der Waals surface area contributed by atoms with E-state index in [0.29, 0.717) is 17.3 Å². The number of pyridine rings is 1. The van der Waals surface area contributed by atoms with Crippen molar-refractivity contribution in [3.63, 3.8) is 0 Å². The SMILES string of the molecule is CN(c1cnc(-c2ccc(-c3ccn(C)c(=O)c3)cc2O)cn1)C1CC(C)(C)NC(C)(C)C1. The number of nitrogens with zero attached hydrogens (tertiary/aromatic N) is 4. The smallest absolute Gasteiger partial charge is 0.250 e. The molecule has 174 valence electrons. The number of aromatic nitrogens is 3. The van der Waals surface area contributed by atoms with E-state index in [9.17, 15) is 9.90 Å². The second-order valence-electron chi connectivity index (χ2n) is 10.4. The minimum absolute atomic E-state index is 0.0462.